The molecule has 0 bridgehead atoms. The number of hydrogen-bond donors (Lipinski definition) is 2. The first-order valence-electron chi connectivity index (χ1n) is 11.0. The molecule has 1 aromatic heterocycles. The van der Waals surface area contributed by atoms with Crippen molar-refractivity contribution in [3.05, 3.63) is 94.8 Å². The first kappa shape index (κ1) is 23.3. The smallest absolute Gasteiger partial charge is 0.339 e. The number of para-hydroxylation sites is 2. The summed E-state index contributed by atoms with van der Waals surface area (Å²) in [4.78, 5) is 29.3. The van der Waals surface area contributed by atoms with Gasteiger partial charge < -0.3 is 19.9 Å². The number of rotatable bonds is 8. The van der Waals surface area contributed by atoms with E-state index < -0.39 is 12.0 Å². The van der Waals surface area contributed by atoms with Crippen molar-refractivity contribution in [1.29, 1.82) is 0 Å². The summed E-state index contributed by atoms with van der Waals surface area (Å²) in [5.41, 5.74) is 3.72. The Labute approximate surface area is 202 Å². The molecular formula is C26H25ClN4O3. The van der Waals surface area contributed by atoms with Gasteiger partial charge in [0.25, 0.3) is 0 Å². The van der Waals surface area contributed by atoms with Crippen molar-refractivity contribution in [2.24, 2.45) is 0 Å². The molecule has 0 fully saturated rings. The van der Waals surface area contributed by atoms with Crippen molar-refractivity contribution in [2.75, 3.05) is 19.0 Å². The maximum Gasteiger partial charge on any atom is 0.339 e. The third-order valence-corrected chi connectivity index (χ3v) is 5.70. The molecule has 4 aromatic rings. The monoisotopic (exact) mass is 476 g/mol. The lowest BCUT2D eigenvalue weighted by Crippen LogP contribution is -2.32. The van der Waals surface area contributed by atoms with Crippen molar-refractivity contribution in [3.8, 4) is 0 Å². The Kier molecular flexibility index (Phi) is 7.44. The summed E-state index contributed by atoms with van der Waals surface area (Å²) in [6, 6.07) is 22.4. The van der Waals surface area contributed by atoms with E-state index in [0.29, 0.717) is 18.1 Å². The standard InChI is InChI=1S/C26H25ClN4O3/c1-34-25(32)20-13-12-19(27)17-22(20)30-26(33)28-15-16-31-23-10-6-5-9-21(23)29-24(31)14-11-18-7-3-2-4-8-18/h2-10,12-13,17H,11,14-16H2,1H3,(H2,28,30,33). The second-order valence-electron chi connectivity index (χ2n) is 7.72. The topological polar surface area (TPSA) is 85.2 Å². The molecule has 0 spiro atoms. The summed E-state index contributed by atoms with van der Waals surface area (Å²) in [5, 5.41) is 5.93. The number of benzene rings is 3. The average Bonchev–Trinajstić information content (AvgIpc) is 3.20. The molecule has 0 atom stereocenters. The van der Waals surface area contributed by atoms with Gasteiger partial charge in [-0.25, -0.2) is 14.6 Å². The molecular weight excluding hydrogens is 452 g/mol. The van der Waals surface area contributed by atoms with E-state index in [1.54, 1.807) is 6.07 Å². The number of amides is 2. The van der Waals surface area contributed by atoms with Crippen LogP contribution < -0.4 is 10.6 Å². The zero-order valence-electron chi connectivity index (χ0n) is 18.8. The summed E-state index contributed by atoms with van der Waals surface area (Å²) >= 11 is 6.03. The van der Waals surface area contributed by atoms with Crippen LogP contribution in [0.3, 0.4) is 0 Å². The van der Waals surface area contributed by atoms with Crippen LogP contribution in [0.5, 0.6) is 0 Å². The Morgan fingerprint density at radius 2 is 1.76 bits per heavy atom. The van der Waals surface area contributed by atoms with Gasteiger partial charge in [-0.1, -0.05) is 54.1 Å². The average molecular weight is 477 g/mol. The summed E-state index contributed by atoms with van der Waals surface area (Å²) in [6.45, 7) is 0.927. The third-order valence-electron chi connectivity index (χ3n) is 5.47. The van der Waals surface area contributed by atoms with Crippen LogP contribution in [0.2, 0.25) is 5.02 Å². The van der Waals surface area contributed by atoms with E-state index in [2.05, 4.69) is 27.3 Å². The fourth-order valence-corrected chi connectivity index (χ4v) is 3.99. The minimum Gasteiger partial charge on any atom is -0.465 e. The van der Waals surface area contributed by atoms with Crippen LogP contribution in [-0.2, 0) is 24.1 Å². The van der Waals surface area contributed by atoms with Crippen molar-refractivity contribution in [3.63, 3.8) is 0 Å². The maximum absolute atomic E-state index is 12.5. The zero-order chi connectivity index (χ0) is 23.9. The summed E-state index contributed by atoms with van der Waals surface area (Å²) in [7, 11) is 1.28. The molecule has 0 aliphatic rings. The third kappa shape index (κ3) is 5.55. The number of esters is 1. The number of nitrogens with one attached hydrogen (secondary N) is 2. The van der Waals surface area contributed by atoms with Crippen LogP contribution in [0, 0.1) is 0 Å². The number of hydrogen-bond acceptors (Lipinski definition) is 4. The predicted molar refractivity (Wildman–Crippen MR) is 133 cm³/mol. The number of halogens is 1. The minimum atomic E-state index is -0.556. The first-order chi connectivity index (χ1) is 16.5. The molecule has 3 aromatic carbocycles. The summed E-state index contributed by atoms with van der Waals surface area (Å²) < 4.78 is 6.91. The van der Waals surface area contributed by atoms with Crippen LogP contribution in [0.25, 0.3) is 11.0 Å². The van der Waals surface area contributed by atoms with Crippen LogP contribution in [0.15, 0.2) is 72.8 Å². The van der Waals surface area contributed by atoms with Crippen molar-refractivity contribution >= 4 is 40.3 Å². The number of anilines is 1. The van der Waals surface area contributed by atoms with E-state index in [1.807, 2.05) is 42.5 Å². The van der Waals surface area contributed by atoms with E-state index in [9.17, 15) is 9.59 Å². The fourth-order valence-electron chi connectivity index (χ4n) is 3.82. The van der Waals surface area contributed by atoms with Crippen molar-refractivity contribution in [2.45, 2.75) is 19.4 Å². The number of methoxy groups -OCH3 is 1. The van der Waals surface area contributed by atoms with Gasteiger partial charge in [-0.05, 0) is 42.3 Å². The molecule has 4 rings (SSSR count). The number of aromatic nitrogens is 2. The van der Waals surface area contributed by atoms with E-state index in [4.69, 9.17) is 21.3 Å². The van der Waals surface area contributed by atoms with E-state index in [1.165, 1.54) is 24.8 Å². The van der Waals surface area contributed by atoms with E-state index >= 15 is 0 Å². The number of urea groups is 1. The van der Waals surface area contributed by atoms with E-state index in [0.717, 1.165) is 29.7 Å². The highest BCUT2D eigenvalue weighted by Crippen LogP contribution is 2.22. The molecule has 34 heavy (non-hydrogen) atoms. The van der Waals surface area contributed by atoms with Gasteiger partial charge in [-0.2, -0.15) is 0 Å². The molecule has 0 unspecified atom stereocenters. The van der Waals surface area contributed by atoms with Gasteiger partial charge in [0.1, 0.15) is 5.82 Å². The van der Waals surface area contributed by atoms with Crippen LogP contribution in [0.1, 0.15) is 21.7 Å². The van der Waals surface area contributed by atoms with Crippen molar-refractivity contribution < 1.29 is 14.3 Å². The van der Waals surface area contributed by atoms with Gasteiger partial charge in [-0.3, -0.25) is 0 Å². The van der Waals surface area contributed by atoms with Gasteiger partial charge in [0, 0.05) is 24.5 Å². The fraction of sp³-hybridized carbons (Fsp3) is 0.192. The van der Waals surface area contributed by atoms with Gasteiger partial charge in [0.15, 0.2) is 0 Å². The van der Waals surface area contributed by atoms with Gasteiger partial charge in [0.2, 0.25) is 0 Å². The quantitative estimate of drug-likeness (QED) is 0.347. The molecule has 1 heterocycles. The second-order valence-corrected chi connectivity index (χ2v) is 8.15. The number of aryl methyl sites for hydroxylation is 2. The Morgan fingerprint density at radius 1 is 1.00 bits per heavy atom. The van der Waals surface area contributed by atoms with Crippen molar-refractivity contribution in [1.82, 2.24) is 14.9 Å². The largest absolute Gasteiger partial charge is 0.465 e. The van der Waals surface area contributed by atoms with Crippen LogP contribution >= 0.6 is 11.6 Å². The predicted octanol–water partition coefficient (Wildman–Crippen LogP) is 5.08. The molecule has 0 radical (unpaired) electrons. The maximum atomic E-state index is 12.5. The molecule has 2 amide bonds. The molecule has 0 saturated carbocycles. The molecule has 7 nitrogen and oxygen atoms in total. The lowest BCUT2D eigenvalue weighted by atomic mass is 10.1. The van der Waals surface area contributed by atoms with Gasteiger partial charge in [-0.15, -0.1) is 0 Å². The Hall–Kier alpha value is -3.84. The van der Waals surface area contributed by atoms with Gasteiger partial charge in [0.05, 0.1) is 29.4 Å². The molecule has 2 N–H and O–H groups in total. The normalized spacial score (nSPS) is 10.8. The summed E-state index contributed by atoms with van der Waals surface area (Å²) in [5.74, 6) is 0.412. The number of ether oxygens (including phenoxy) is 1. The molecule has 0 aliphatic carbocycles. The molecule has 8 heteroatoms. The number of fused-ring (bicyclic) bond motifs is 1. The first-order valence-corrected chi connectivity index (χ1v) is 11.3. The highest BCUT2D eigenvalue weighted by atomic mass is 35.5. The Bertz CT molecular complexity index is 1300. The Balaban J connectivity index is 1.43. The molecule has 174 valence electrons. The number of imidazole rings is 1. The second kappa shape index (κ2) is 10.9. The minimum absolute atomic E-state index is 0.228. The summed E-state index contributed by atoms with van der Waals surface area (Å²) in [6.07, 6.45) is 1.67. The number of carbonyl (C=O) groups excluding carboxylic acids is 2. The van der Waals surface area contributed by atoms with E-state index in [-0.39, 0.29) is 11.3 Å². The van der Waals surface area contributed by atoms with Crippen LogP contribution in [0.4, 0.5) is 10.5 Å². The lowest BCUT2D eigenvalue weighted by molar-refractivity contribution is 0.0602. The SMILES string of the molecule is COC(=O)c1ccc(Cl)cc1NC(=O)NCCn1c(CCc2ccccc2)nc2ccccc21. The lowest BCUT2D eigenvalue weighted by Gasteiger charge is -2.13. The van der Waals surface area contributed by atoms with Crippen LogP contribution in [-0.4, -0.2) is 35.2 Å². The molecule has 0 aliphatic heterocycles. The number of nitrogens with zero attached hydrogens (tertiary/aromatic N) is 2. The highest BCUT2D eigenvalue weighted by molar-refractivity contribution is 6.31. The highest BCUT2D eigenvalue weighted by Gasteiger charge is 2.15. The number of carbonyl (C=O) groups is 2. The molecule has 0 saturated heterocycles. The van der Waals surface area contributed by atoms with Gasteiger partial charge >= 0.3 is 12.0 Å². The zero-order valence-corrected chi connectivity index (χ0v) is 19.5. The Morgan fingerprint density at radius 3 is 2.56 bits per heavy atom.